The number of alkyl halides is 1. The van der Waals surface area contributed by atoms with Gasteiger partial charge in [-0.2, -0.15) is 25.3 Å². The number of nitro groups is 1. The minimum absolute atomic E-state index is 0.142. The lowest BCUT2D eigenvalue weighted by Gasteiger charge is -2.12. The Kier molecular flexibility index (Phi) is 3.91. The summed E-state index contributed by atoms with van der Waals surface area (Å²) in [7, 11) is 0. The summed E-state index contributed by atoms with van der Waals surface area (Å²) in [5.41, 5.74) is 0. The molecular formula is C3H6BrNO2S2. The van der Waals surface area contributed by atoms with Gasteiger partial charge in [-0.1, -0.05) is 0 Å². The molecule has 6 heteroatoms. The number of halogens is 1. The van der Waals surface area contributed by atoms with Gasteiger partial charge >= 0.3 is 0 Å². The van der Waals surface area contributed by atoms with E-state index >= 15 is 0 Å². The molecule has 0 amide bonds. The Morgan fingerprint density at radius 2 is 1.89 bits per heavy atom. The van der Waals surface area contributed by atoms with Crippen LogP contribution in [-0.4, -0.2) is 20.9 Å². The lowest BCUT2D eigenvalue weighted by Crippen LogP contribution is -2.35. The molecule has 0 unspecified atom stereocenters. The topological polar surface area (TPSA) is 43.1 Å². The predicted octanol–water partition coefficient (Wildman–Crippen LogP) is 1.21. The molecule has 3 nitrogen and oxygen atoms in total. The van der Waals surface area contributed by atoms with Gasteiger partial charge in [0.05, 0.1) is 11.5 Å². The predicted molar refractivity (Wildman–Crippen MR) is 46.4 cm³/mol. The van der Waals surface area contributed by atoms with Gasteiger partial charge in [-0.3, -0.25) is 10.1 Å². The highest BCUT2D eigenvalue weighted by atomic mass is 79.9. The minimum Gasteiger partial charge on any atom is -0.263 e. The fourth-order valence-electron chi connectivity index (χ4n) is 0.165. The fourth-order valence-corrected chi connectivity index (χ4v) is 0.796. The van der Waals surface area contributed by atoms with Crippen LogP contribution < -0.4 is 0 Å². The maximum Gasteiger partial charge on any atom is 0.291 e. The molecule has 0 saturated carbocycles. The third-order valence-corrected chi connectivity index (χ3v) is 3.58. The van der Waals surface area contributed by atoms with Crippen molar-refractivity contribution in [2.75, 3.05) is 11.5 Å². The van der Waals surface area contributed by atoms with Crippen LogP contribution in [-0.2, 0) is 0 Å². The highest BCUT2D eigenvalue weighted by Crippen LogP contribution is 2.21. The molecule has 0 bridgehead atoms. The van der Waals surface area contributed by atoms with Gasteiger partial charge in [-0.15, -0.1) is 0 Å². The average molecular weight is 232 g/mol. The molecule has 0 fully saturated rings. The van der Waals surface area contributed by atoms with Gasteiger partial charge < -0.3 is 0 Å². The molecule has 0 aliphatic carbocycles. The van der Waals surface area contributed by atoms with E-state index in [1.54, 1.807) is 0 Å². The van der Waals surface area contributed by atoms with Crippen LogP contribution in [0.4, 0.5) is 0 Å². The molecule has 0 aliphatic rings. The monoisotopic (exact) mass is 231 g/mol. The molecule has 0 radical (unpaired) electrons. The summed E-state index contributed by atoms with van der Waals surface area (Å²) in [6.07, 6.45) is 0. The number of thiol groups is 2. The molecule has 0 aliphatic heterocycles. The Morgan fingerprint density at radius 1 is 1.56 bits per heavy atom. The van der Waals surface area contributed by atoms with Crippen molar-refractivity contribution in [1.29, 1.82) is 0 Å². The quantitative estimate of drug-likeness (QED) is 0.252. The lowest BCUT2D eigenvalue weighted by molar-refractivity contribution is -0.522. The molecule has 9 heavy (non-hydrogen) atoms. The van der Waals surface area contributed by atoms with Crippen molar-refractivity contribution in [2.45, 2.75) is 4.45 Å². The van der Waals surface area contributed by atoms with Gasteiger partial charge in [0.2, 0.25) is 0 Å². The van der Waals surface area contributed by atoms with Crippen molar-refractivity contribution >= 4 is 41.2 Å². The van der Waals surface area contributed by atoms with E-state index in [1.807, 2.05) is 0 Å². The van der Waals surface area contributed by atoms with Crippen molar-refractivity contribution in [3.05, 3.63) is 10.1 Å². The first-order chi connectivity index (χ1) is 4.06. The Labute approximate surface area is 72.3 Å². The summed E-state index contributed by atoms with van der Waals surface area (Å²) < 4.78 is -1.15. The van der Waals surface area contributed by atoms with Crippen molar-refractivity contribution < 1.29 is 4.92 Å². The van der Waals surface area contributed by atoms with Crippen LogP contribution in [0.3, 0.4) is 0 Å². The van der Waals surface area contributed by atoms with Crippen LogP contribution in [0.25, 0.3) is 0 Å². The van der Waals surface area contributed by atoms with Crippen LogP contribution in [0.5, 0.6) is 0 Å². The third kappa shape index (κ3) is 2.35. The Hall–Kier alpha value is 0.580. The van der Waals surface area contributed by atoms with E-state index in [-0.39, 0.29) is 11.5 Å². The largest absolute Gasteiger partial charge is 0.291 e. The second-order valence-corrected chi connectivity index (χ2v) is 3.60. The molecule has 0 N–H and O–H groups in total. The Balaban J connectivity index is 4.09. The van der Waals surface area contributed by atoms with Crippen LogP contribution in [0.2, 0.25) is 0 Å². The van der Waals surface area contributed by atoms with E-state index in [1.165, 1.54) is 0 Å². The lowest BCUT2D eigenvalue weighted by atomic mass is 10.4. The third-order valence-electron chi connectivity index (χ3n) is 0.812. The zero-order valence-corrected chi connectivity index (χ0v) is 7.83. The van der Waals surface area contributed by atoms with Crippen molar-refractivity contribution in [1.82, 2.24) is 0 Å². The van der Waals surface area contributed by atoms with Crippen LogP contribution in [0.1, 0.15) is 0 Å². The summed E-state index contributed by atoms with van der Waals surface area (Å²) in [6.45, 7) is 0. The number of hydrogen-bond donors (Lipinski definition) is 2. The van der Waals surface area contributed by atoms with Crippen molar-refractivity contribution in [3.8, 4) is 0 Å². The number of hydrogen-bond acceptors (Lipinski definition) is 4. The van der Waals surface area contributed by atoms with Gasteiger partial charge in [0.25, 0.3) is 4.45 Å². The fraction of sp³-hybridized carbons (Fsp3) is 1.00. The van der Waals surface area contributed by atoms with E-state index in [0.717, 1.165) is 0 Å². The summed E-state index contributed by atoms with van der Waals surface area (Å²) in [5, 5.41) is 10.1. The van der Waals surface area contributed by atoms with E-state index < -0.39 is 9.37 Å². The standard InChI is InChI=1S/C3H6BrNO2S2/c4-3(1-8,2-9)5(6)7/h8-9H,1-2H2. The van der Waals surface area contributed by atoms with E-state index in [2.05, 4.69) is 41.2 Å². The van der Waals surface area contributed by atoms with Crippen LogP contribution in [0.15, 0.2) is 0 Å². The molecule has 0 aromatic heterocycles. The molecule has 54 valence electrons. The Morgan fingerprint density at radius 3 is 1.89 bits per heavy atom. The summed E-state index contributed by atoms with van der Waals surface area (Å²) in [5.74, 6) is 0.285. The van der Waals surface area contributed by atoms with Crippen molar-refractivity contribution in [2.24, 2.45) is 0 Å². The molecule has 0 saturated heterocycles. The maximum absolute atomic E-state index is 10.1. The van der Waals surface area contributed by atoms with Gasteiger partial charge in [0, 0.05) is 20.9 Å². The molecule has 0 aromatic rings. The van der Waals surface area contributed by atoms with Crippen LogP contribution >= 0.6 is 41.2 Å². The van der Waals surface area contributed by atoms with Gasteiger partial charge in [-0.05, 0) is 0 Å². The summed E-state index contributed by atoms with van der Waals surface area (Å²) in [4.78, 5) is 9.71. The highest BCUT2D eigenvalue weighted by Gasteiger charge is 2.36. The number of rotatable bonds is 3. The average Bonchev–Trinajstić information content (AvgIpc) is 1.86. The van der Waals surface area contributed by atoms with E-state index in [4.69, 9.17) is 0 Å². The second kappa shape index (κ2) is 3.68. The van der Waals surface area contributed by atoms with Crippen molar-refractivity contribution in [3.63, 3.8) is 0 Å². The SMILES string of the molecule is O=[N+]([O-])C(Br)(CS)CS. The van der Waals surface area contributed by atoms with Gasteiger partial charge in [0.15, 0.2) is 0 Å². The second-order valence-electron chi connectivity index (χ2n) is 1.49. The molecule has 0 rings (SSSR count). The minimum atomic E-state index is -1.15. The summed E-state index contributed by atoms with van der Waals surface area (Å²) >= 11 is 10.5. The molecule has 0 atom stereocenters. The van der Waals surface area contributed by atoms with Gasteiger partial charge in [0.1, 0.15) is 0 Å². The zero-order chi connectivity index (χ0) is 7.49. The molecule has 0 spiro atoms. The first-order valence-corrected chi connectivity index (χ1v) is 4.18. The molecule has 0 heterocycles. The normalized spacial score (nSPS) is 11.4. The molecular weight excluding hydrogens is 226 g/mol. The first-order valence-electron chi connectivity index (χ1n) is 2.12. The van der Waals surface area contributed by atoms with E-state index in [0.29, 0.717) is 0 Å². The summed E-state index contributed by atoms with van der Waals surface area (Å²) in [6, 6.07) is 0. The maximum atomic E-state index is 10.1. The molecule has 0 aromatic carbocycles. The van der Waals surface area contributed by atoms with Crippen LogP contribution in [0, 0.1) is 10.1 Å². The smallest absolute Gasteiger partial charge is 0.263 e. The highest BCUT2D eigenvalue weighted by molar-refractivity contribution is 9.10. The van der Waals surface area contributed by atoms with Gasteiger partial charge in [-0.25, -0.2) is 0 Å². The first kappa shape index (κ1) is 9.58. The Bertz CT molecular complexity index is 116. The number of nitrogens with zero attached hydrogens (tertiary/aromatic N) is 1. The van der Waals surface area contributed by atoms with E-state index in [9.17, 15) is 10.1 Å². The zero-order valence-electron chi connectivity index (χ0n) is 4.45.